The summed E-state index contributed by atoms with van der Waals surface area (Å²) in [6.07, 6.45) is -0.551. The number of carbonyl (C=O) groups excluding carboxylic acids is 3. The predicted octanol–water partition coefficient (Wildman–Crippen LogP) is 4.79. The number of likely N-dealkylation sites (N-methyl/N-ethyl adjacent to an activating group) is 1. The molecule has 4 rings (SSSR count). The Morgan fingerprint density at radius 1 is 1.05 bits per heavy atom. The van der Waals surface area contributed by atoms with Gasteiger partial charge in [-0.15, -0.1) is 0 Å². The van der Waals surface area contributed by atoms with Gasteiger partial charge in [0.05, 0.1) is 32.7 Å². The molecule has 0 aromatic heterocycles. The molecule has 4 N–H and O–H groups in total. The normalized spacial score (nSPS) is 17.1. The largest absolute Gasteiger partial charge is 0.497 e. The number of nitrogens with one attached hydrogen (secondary N) is 3. The van der Waals surface area contributed by atoms with Crippen LogP contribution in [0.1, 0.15) is 19.4 Å². The van der Waals surface area contributed by atoms with Crippen LogP contribution in [-0.2, 0) is 11.2 Å². The second kappa shape index (κ2) is 14.6. The van der Waals surface area contributed by atoms with Crippen LogP contribution in [0.2, 0.25) is 0 Å². The van der Waals surface area contributed by atoms with Gasteiger partial charge >= 0.3 is 12.1 Å². The van der Waals surface area contributed by atoms with E-state index in [-0.39, 0.29) is 31.4 Å². The van der Waals surface area contributed by atoms with E-state index in [9.17, 15) is 23.9 Å². The summed E-state index contributed by atoms with van der Waals surface area (Å²) in [5.74, 6) is 0.270. The van der Waals surface area contributed by atoms with E-state index < -0.39 is 30.0 Å². The van der Waals surface area contributed by atoms with Crippen molar-refractivity contribution < 1.29 is 33.4 Å². The Balaban J connectivity index is 1.54. The van der Waals surface area contributed by atoms with Gasteiger partial charge in [-0.1, -0.05) is 6.92 Å². The molecule has 0 unspecified atom stereocenters. The third-order valence-corrected chi connectivity index (χ3v) is 7.42. The number of hydrogen-bond acceptors (Lipinski definition) is 6. The number of aliphatic hydroxyl groups is 1. The van der Waals surface area contributed by atoms with Crippen LogP contribution in [0.25, 0.3) is 0 Å². The molecule has 12 heteroatoms. The average molecular weight is 608 g/mol. The molecule has 0 radical (unpaired) electrons. The minimum atomic E-state index is -0.533. The van der Waals surface area contributed by atoms with Crippen molar-refractivity contribution in [2.45, 2.75) is 32.4 Å². The third kappa shape index (κ3) is 8.38. The zero-order chi connectivity index (χ0) is 31.8. The van der Waals surface area contributed by atoms with Crippen LogP contribution in [0.5, 0.6) is 11.5 Å². The first kappa shape index (κ1) is 32.1. The van der Waals surface area contributed by atoms with Gasteiger partial charge < -0.3 is 40.3 Å². The van der Waals surface area contributed by atoms with Crippen LogP contribution in [0.3, 0.4) is 0 Å². The van der Waals surface area contributed by atoms with Crippen LogP contribution in [0.15, 0.2) is 66.7 Å². The Morgan fingerprint density at radius 3 is 2.32 bits per heavy atom. The van der Waals surface area contributed by atoms with Crippen molar-refractivity contribution >= 4 is 35.0 Å². The van der Waals surface area contributed by atoms with E-state index in [0.29, 0.717) is 40.7 Å². The quantitative estimate of drug-likeness (QED) is 0.291. The highest BCUT2D eigenvalue weighted by molar-refractivity contribution is 6.00. The van der Waals surface area contributed by atoms with Gasteiger partial charge in [0.15, 0.2) is 0 Å². The van der Waals surface area contributed by atoms with Gasteiger partial charge in [0.25, 0.3) is 0 Å². The number of halogens is 1. The maximum atomic E-state index is 13.5. The second-order valence-corrected chi connectivity index (χ2v) is 10.8. The molecule has 1 aliphatic heterocycles. The SMILES string of the molecule is COc1ccc(NC(=O)Nc2ccc3c(c2)CC(=O)N([C@@H](C)CO)C[C@H](C)[C@@H](CN(C)C(=O)Nc2ccc(F)cc2)O3)cc1. The van der Waals surface area contributed by atoms with Gasteiger partial charge in [0, 0.05) is 42.1 Å². The summed E-state index contributed by atoms with van der Waals surface area (Å²) < 4.78 is 24.9. The number of ether oxygens (including phenoxy) is 2. The van der Waals surface area contributed by atoms with Crippen molar-refractivity contribution in [3.63, 3.8) is 0 Å². The minimum Gasteiger partial charge on any atom is -0.497 e. The van der Waals surface area contributed by atoms with E-state index in [0.717, 1.165) is 0 Å². The topological polar surface area (TPSA) is 132 Å². The fourth-order valence-electron chi connectivity index (χ4n) is 4.80. The molecule has 0 fully saturated rings. The summed E-state index contributed by atoms with van der Waals surface area (Å²) in [5, 5.41) is 18.2. The van der Waals surface area contributed by atoms with Gasteiger partial charge in [-0.05, 0) is 73.7 Å². The van der Waals surface area contributed by atoms with Gasteiger partial charge in [-0.2, -0.15) is 0 Å². The molecule has 3 aromatic rings. The second-order valence-electron chi connectivity index (χ2n) is 10.8. The summed E-state index contributed by atoms with van der Waals surface area (Å²) in [4.78, 5) is 42.2. The zero-order valence-electron chi connectivity index (χ0n) is 25.2. The maximum Gasteiger partial charge on any atom is 0.323 e. The number of nitrogens with zero attached hydrogens (tertiary/aromatic N) is 2. The molecule has 0 spiro atoms. The molecular formula is C32H38FN5O6. The van der Waals surface area contributed by atoms with Crippen molar-refractivity contribution in [2.24, 2.45) is 5.92 Å². The van der Waals surface area contributed by atoms with Gasteiger partial charge in [-0.3, -0.25) is 4.79 Å². The van der Waals surface area contributed by atoms with Gasteiger partial charge in [0.1, 0.15) is 23.4 Å². The predicted molar refractivity (Wildman–Crippen MR) is 166 cm³/mol. The molecule has 234 valence electrons. The first-order valence-corrected chi connectivity index (χ1v) is 14.3. The van der Waals surface area contributed by atoms with E-state index in [1.165, 1.54) is 29.2 Å². The molecule has 0 bridgehead atoms. The van der Waals surface area contributed by atoms with Crippen LogP contribution in [0.4, 0.5) is 31.0 Å². The van der Waals surface area contributed by atoms with Crippen LogP contribution in [-0.4, -0.2) is 78.9 Å². The van der Waals surface area contributed by atoms with Crippen LogP contribution < -0.4 is 25.4 Å². The summed E-state index contributed by atoms with van der Waals surface area (Å²) in [5.41, 5.74) is 2.02. The number of benzene rings is 3. The number of anilines is 3. The molecule has 44 heavy (non-hydrogen) atoms. The highest BCUT2D eigenvalue weighted by Crippen LogP contribution is 2.29. The highest BCUT2D eigenvalue weighted by atomic mass is 19.1. The Morgan fingerprint density at radius 2 is 1.66 bits per heavy atom. The maximum absolute atomic E-state index is 13.5. The fraction of sp³-hybridized carbons (Fsp3) is 0.344. The molecule has 1 heterocycles. The molecular weight excluding hydrogens is 569 g/mol. The Kier molecular flexibility index (Phi) is 10.6. The summed E-state index contributed by atoms with van der Waals surface area (Å²) in [6, 6.07) is 16.1. The van der Waals surface area contributed by atoms with E-state index >= 15 is 0 Å². The van der Waals surface area contributed by atoms with Crippen LogP contribution in [0, 0.1) is 11.7 Å². The molecule has 3 atom stereocenters. The zero-order valence-corrected chi connectivity index (χ0v) is 25.2. The summed E-state index contributed by atoms with van der Waals surface area (Å²) in [7, 11) is 3.18. The third-order valence-electron chi connectivity index (χ3n) is 7.42. The summed E-state index contributed by atoms with van der Waals surface area (Å²) >= 11 is 0. The first-order chi connectivity index (χ1) is 21.1. The number of fused-ring (bicyclic) bond motifs is 1. The van der Waals surface area contributed by atoms with Gasteiger partial charge in [-0.25, -0.2) is 14.0 Å². The molecule has 11 nitrogen and oxygen atoms in total. The fourth-order valence-corrected chi connectivity index (χ4v) is 4.80. The standard InChI is InChI=1S/C32H38FN5O6/c1-20-17-38(21(2)19-39)30(40)16-22-15-26(35-31(41)34-24-9-12-27(43-4)13-10-24)11-14-28(22)44-29(20)18-37(3)32(42)36-25-7-5-23(33)6-8-25/h5-15,20-21,29,39H,16-19H2,1-4H3,(H,36,42)(H2,34,35,41)/t20-,21-,29+/m0/s1. The van der Waals surface area contributed by atoms with E-state index in [4.69, 9.17) is 9.47 Å². The van der Waals surface area contributed by atoms with E-state index in [1.54, 1.807) is 68.4 Å². The lowest BCUT2D eigenvalue weighted by Crippen LogP contribution is -2.48. The van der Waals surface area contributed by atoms with Crippen molar-refractivity contribution in [3.05, 3.63) is 78.1 Å². The molecule has 0 aliphatic carbocycles. The molecule has 5 amide bonds. The Hall–Kier alpha value is -4.84. The lowest BCUT2D eigenvalue weighted by Gasteiger charge is -2.34. The monoisotopic (exact) mass is 607 g/mol. The minimum absolute atomic E-state index is 0.0182. The Bertz CT molecular complexity index is 1450. The van der Waals surface area contributed by atoms with E-state index in [2.05, 4.69) is 16.0 Å². The molecule has 0 saturated heterocycles. The van der Waals surface area contributed by atoms with E-state index in [1.807, 2.05) is 6.92 Å². The summed E-state index contributed by atoms with van der Waals surface area (Å²) in [6.45, 7) is 3.94. The number of rotatable bonds is 8. The number of urea groups is 2. The number of amides is 5. The highest BCUT2D eigenvalue weighted by Gasteiger charge is 2.32. The van der Waals surface area contributed by atoms with Crippen molar-refractivity contribution in [3.8, 4) is 11.5 Å². The smallest absolute Gasteiger partial charge is 0.323 e. The first-order valence-electron chi connectivity index (χ1n) is 14.3. The van der Waals surface area contributed by atoms with Crippen molar-refractivity contribution in [1.29, 1.82) is 0 Å². The van der Waals surface area contributed by atoms with Crippen LogP contribution >= 0.6 is 0 Å². The number of aliphatic hydroxyl groups excluding tert-OH is 1. The Labute approximate surface area is 255 Å². The molecule has 0 saturated carbocycles. The molecule has 1 aliphatic rings. The lowest BCUT2D eigenvalue weighted by atomic mass is 10.0. The molecule has 3 aromatic carbocycles. The average Bonchev–Trinajstić information content (AvgIpc) is 3.05. The van der Waals surface area contributed by atoms with Gasteiger partial charge in [0.2, 0.25) is 5.91 Å². The van der Waals surface area contributed by atoms with Crippen molar-refractivity contribution in [1.82, 2.24) is 9.80 Å². The number of carbonyl (C=O) groups is 3. The lowest BCUT2D eigenvalue weighted by molar-refractivity contribution is -0.134. The number of methoxy groups -OCH3 is 1. The number of hydrogen-bond donors (Lipinski definition) is 4. The van der Waals surface area contributed by atoms with Crippen molar-refractivity contribution in [2.75, 3.05) is 49.8 Å².